The zero-order valence-electron chi connectivity index (χ0n) is 13.7. The van der Waals surface area contributed by atoms with Crippen LogP contribution in [0, 0.1) is 5.82 Å². The molecule has 2 aromatic rings. The lowest BCUT2D eigenvalue weighted by atomic mass is 9.98. The van der Waals surface area contributed by atoms with Gasteiger partial charge in [0.05, 0.1) is 5.69 Å². The average molecular weight is 352 g/mol. The van der Waals surface area contributed by atoms with Crippen LogP contribution in [-0.4, -0.2) is 35.1 Å². The van der Waals surface area contributed by atoms with Crippen LogP contribution >= 0.6 is 12.4 Å². The molecule has 1 aromatic heterocycles. The number of rotatable bonds is 4. The highest BCUT2D eigenvalue weighted by Gasteiger charge is 2.35. The van der Waals surface area contributed by atoms with Gasteiger partial charge in [0, 0.05) is 30.2 Å². The van der Waals surface area contributed by atoms with Crippen LogP contribution in [0.15, 0.2) is 34.9 Å². The van der Waals surface area contributed by atoms with E-state index in [-0.39, 0.29) is 18.2 Å². The minimum Gasteiger partial charge on any atom is -0.444 e. The van der Waals surface area contributed by atoms with Gasteiger partial charge in [-0.05, 0) is 50.9 Å². The molecular formula is C18H23ClFN3O. The van der Waals surface area contributed by atoms with Crippen molar-refractivity contribution in [3.8, 4) is 11.5 Å². The molecule has 0 aliphatic carbocycles. The van der Waals surface area contributed by atoms with Crippen molar-refractivity contribution in [2.45, 2.75) is 50.4 Å². The SMILES string of the molecule is CN(Cc1coc(-c2cccc(F)c2)n1)C1CC2CCC(C1)N2.Cl. The summed E-state index contributed by atoms with van der Waals surface area (Å²) in [4.78, 5) is 6.89. The van der Waals surface area contributed by atoms with Crippen molar-refractivity contribution in [3.63, 3.8) is 0 Å². The fourth-order valence-corrected chi connectivity index (χ4v) is 3.91. The maximum absolute atomic E-state index is 13.3. The Morgan fingerprint density at radius 1 is 1.29 bits per heavy atom. The first-order valence-electron chi connectivity index (χ1n) is 8.34. The molecule has 3 heterocycles. The summed E-state index contributed by atoms with van der Waals surface area (Å²) in [5, 5.41) is 3.67. The van der Waals surface area contributed by atoms with Crippen LogP contribution in [-0.2, 0) is 6.54 Å². The van der Waals surface area contributed by atoms with Crippen molar-refractivity contribution in [2.75, 3.05) is 7.05 Å². The van der Waals surface area contributed by atoms with Gasteiger partial charge in [0.1, 0.15) is 12.1 Å². The van der Waals surface area contributed by atoms with Crippen LogP contribution < -0.4 is 5.32 Å². The Morgan fingerprint density at radius 3 is 2.75 bits per heavy atom. The first kappa shape index (κ1) is 17.4. The Morgan fingerprint density at radius 2 is 2.04 bits per heavy atom. The van der Waals surface area contributed by atoms with Crippen molar-refractivity contribution in [2.24, 2.45) is 0 Å². The summed E-state index contributed by atoms with van der Waals surface area (Å²) in [6.45, 7) is 0.767. The second-order valence-electron chi connectivity index (χ2n) is 6.83. The van der Waals surface area contributed by atoms with Crippen LogP contribution in [0.3, 0.4) is 0 Å². The van der Waals surface area contributed by atoms with Crippen LogP contribution in [0.2, 0.25) is 0 Å². The second kappa shape index (κ2) is 7.21. The summed E-state index contributed by atoms with van der Waals surface area (Å²) in [6, 6.07) is 8.32. The van der Waals surface area contributed by atoms with Crippen molar-refractivity contribution in [3.05, 3.63) is 42.0 Å². The zero-order chi connectivity index (χ0) is 15.8. The molecule has 6 heteroatoms. The summed E-state index contributed by atoms with van der Waals surface area (Å²) in [6.07, 6.45) is 6.72. The van der Waals surface area contributed by atoms with Gasteiger partial charge in [-0.15, -0.1) is 12.4 Å². The molecule has 0 spiro atoms. The molecule has 2 fully saturated rings. The van der Waals surface area contributed by atoms with Crippen LogP contribution in [0.4, 0.5) is 4.39 Å². The molecule has 1 aromatic carbocycles. The third-order valence-corrected chi connectivity index (χ3v) is 5.11. The monoisotopic (exact) mass is 351 g/mol. The Balaban J connectivity index is 0.00000169. The topological polar surface area (TPSA) is 41.3 Å². The standard InChI is InChI=1S/C18H22FN3O.ClH/c1-22(17-8-14-5-6-15(9-17)20-14)10-16-11-23-18(21-16)12-3-2-4-13(19)7-12;/h2-4,7,11,14-15,17,20H,5-6,8-10H2,1H3;1H. The third-order valence-electron chi connectivity index (χ3n) is 5.11. The summed E-state index contributed by atoms with van der Waals surface area (Å²) in [7, 11) is 2.16. The number of oxazole rings is 1. The number of benzene rings is 1. The van der Waals surface area contributed by atoms with Gasteiger partial charge in [-0.25, -0.2) is 9.37 Å². The minimum atomic E-state index is -0.274. The molecule has 2 atom stereocenters. The molecule has 1 N–H and O–H groups in total. The van der Waals surface area contributed by atoms with E-state index >= 15 is 0 Å². The quantitative estimate of drug-likeness (QED) is 0.913. The van der Waals surface area contributed by atoms with E-state index in [1.54, 1.807) is 12.3 Å². The van der Waals surface area contributed by atoms with E-state index in [1.807, 2.05) is 6.07 Å². The third kappa shape index (κ3) is 3.63. The molecule has 2 aliphatic rings. The first-order chi connectivity index (χ1) is 11.2. The van der Waals surface area contributed by atoms with Crippen LogP contribution in [0.25, 0.3) is 11.5 Å². The van der Waals surface area contributed by atoms with E-state index < -0.39 is 0 Å². The first-order valence-corrected chi connectivity index (χ1v) is 8.34. The highest BCUT2D eigenvalue weighted by Crippen LogP contribution is 2.30. The van der Waals surface area contributed by atoms with E-state index in [4.69, 9.17) is 4.42 Å². The second-order valence-corrected chi connectivity index (χ2v) is 6.83. The summed E-state index contributed by atoms with van der Waals surface area (Å²) in [5.74, 6) is 0.211. The van der Waals surface area contributed by atoms with Gasteiger partial charge in [0.15, 0.2) is 0 Å². The van der Waals surface area contributed by atoms with E-state index in [9.17, 15) is 4.39 Å². The van der Waals surface area contributed by atoms with Gasteiger partial charge >= 0.3 is 0 Å². The number of hydrogen-bond donors (Lipinski definition) is 1. The zero-order valence-corrected chi connectivity index (χ0v) is 14.6. The average Bonchev–Trinajstić information content (AvgIpc) is 3.14. The van der Waals surface area contributed by atoms with Gasteiger partial charge in [-0.1, -0.05) is 6.07 Å². The van der Waals surface area contributed by atoms with E-state index in [0.717, 1.165) is 12.2 Å². The number of nitrogens with one attached hydrogen (secondary N) is 1. The van der Waals surface area contributed by atoms with Crippen molar-refractivity contribution < 1.29 is 8.81 Å². The van der Waals surface area contributed by atoms with Gasteiger partial charge < -0.3 is 9.73 Å². The normalized spacial score (nSPS) is 25.7. The molecule has 2 aliphatic heterocycles. The molecule has 4 nitrogen and oxygen atoms in total. The Bertz CT molecular complexity index is 680. The fraction of sp³-hybridized carbons (Fsp3) is 0.500. The molecule has 0 radical (unpaired) electrons. The maximum Gasteiger partial charge on any atom is 0.226 e. The van der Waals surface area contributed by atoms with Crippen LogP contribution in [0.1, 0.15) is 31.4 Å². The van der Waals surface area contributed by atoms with E-state index in [1.165, 1.54) is 37.8 Å². The molecule has 2 saturated heterocycles. The Kier molecular flexibility index (Phi) is 5.23. The van der Waals surface area contributed by atoms with Gasteiger partial charge in [-0.3, -0.25) is 4.90 Å². The summed E-state index contributed by atoms with van der Waals surface area (Å²) in [5.41, 5.74) is 1.58. The largest absolute Gasteiger partial charge is 0.444 e. The Labute approximate surface area is 147 Å². The number of fused-ring (bicyclic) bond motifs is 2. The highest BCUT2D eigenvalue weighted by atomic mass is 35.5. The fourth-order valence-electron chi connectivity index (χ4n) is 3.91. The number of halogens is 2. The predicted molar refractivity (Wildman–Crippen MR) is 93.6 cm³/mol. The summed E-state index contributed by atoms with van der Waals surface area (Å²) < 4.78 is 18.8. The number of nitrogens with zero attached hydrogens (tertiary/aromatic N) is 2. The lowest BCUT2D eigenvalue weighted by Crippen LogP contribution is -2.46. The molecule has 4 rings (SSSR count). The molecule has 130 valence electrons. The number of aromatic nitrogens is 1. The van der Waals surface area contributed by atoms with Gasteiger partial charge in [0.2, 0.25) is 5.89 Å². The van der Waals surface area contributed by atoms with Gasteiger partial charge in [0.25, 0.3) is 0 Å². The van der Waals surface area contributed by atoms with E-state index in [2.05, 4.69) is 22.2 Å². The van der Waals surface area contributed by atoms with Crippen molar-refractivity contribution in [1.29, 1.82) is 0 Å². The predicted octanol–water partition coefficient (Wildman–Crippen LogP) is 3.62. The molecular weight excluding hydrogens is 329 g/mol. The molecule has 2 unspecified atom stereocenters. The number of hydrogen-bond acceptors (Lipinski definition) is 4. The lowest BCUT2D eigenvalue weighted by molar-refractivity contribution is 0.164. The molecule has 24 heavy (non-hydrogen) atoms. The highest BCUT2D eigenvalue weighted by molar-refractivity contribution is 5.85. The van der Waals surface area contributed by atoms with Crippen molar-refractivity contribution >= 4 is 12.4 Å². The molecule has 0 amide bonds. The summed E-state index contributed by atoms with van der Waals surface area (Å²) >= 11 is 0. The number of piperidine rings is 1. The minimum absolute atomic E-state index is 0. The van der Waals surface area contributed by atoms with Crippen LogP contribution in [0.5, 0.6) is 0 Å². The van der Waals surface area contributed by atoms with Gasteiger partial charge in [-0.2, -0.15) is 0 Å². The smallest absolute Gasteiger partial charge is 0.226 e. The molecule has 0 saturated carbocycles. The maximum atomic E-state index is 13.3. The van der Waals surface area contributed by atoms with E-state index in [0.29, 0.717) is 29.6 Å². The lowest BCUT2D eigenvalue weighted by Gasteiger charge is -2.35. The Hall–Kier alpha value is -1.43. The van der Waals surface area contributed by atoms with Crippen molar-refractivity contribution in [1.82, 2.24) is 15.2 Å². The molecule has 2 bridgehead atoms.